The zero-order valence-electron chi connectivity index (χ0n) is 15.4. The standard InChI is InChI=1S/C19H25N5OS/c1-14-9-16(3-6-20-14)24-8-5-19(13-24)4-7-23(12-19)11-17-10-21-18(26-17)22-15(2)25/h3,6,9-10H,4-5,7-8,11-13H2,1-2H3,(H,21,22,25). The van der Waals surface area contributed by atoms with Crippen LogP contribution in [-0.4, -0.2) is 47.0 Å². The van der Waals surface area contributed by atoms with Crippen LogP contribution in [0.25, 0.3) is 0 Å². The van der Waals surface area contributed by atoms with Gasteiger partial charge >= 0.3 is 0 Å². The summed E-state index contributed by atoms with van der Waals surface area (Å²) in [7, 11) is 0. The Labute approximate surface area is 158 Å². The molecule has 2 saturated heterocycles. The molecule has 1 atom stereocenters. The normalized spacial score (nSPS) is 23.1. The predicted octanol–water partition coefficient (Wildman–Crippen LogP) is 2.91. The van der Waals surface area contributed by atoms with Crippen LogP contribution >= 0.6 is 11.3 Å². The number of carbonyl (C=O) groups excluding carboxylic acids is 1. The van der Waals surface area contributed by atoms with Crippen LogP contribution in [0, 0.1) is 12.3 Å². The Kier molecular flexibility index (Phi) is 4.67. The number of pyridine rings is 1. The molecule has 2 aliphatic rings. The number of amides is 1. The number of nitrogens with one attached hydrogen (secondary N) is 1. The molecule has 4 rings (SSSR count). The molecule has 26 heavy (non-hydrogen) atoms. The molecular weight excluding hydrogens is 346 g/mol. The molecule has 1 N–H and O–H groups in total. The molecule has 138 valence electrons. The second-order valence-corrected chi connectivity index (χ2v) is 8.72. The number of thiazole rings is 1. The monoisotopic (exact) mass is 371 g/mol. The Bertz CT molecular complexity index is 807. The first-order chi connectivity index (χ1) is 12.5. The largest absolute Gasteiger partial charge is 0.371 e. The van der Waals surface area contributed by atoms with Gasteiger partial charge in [0.15, 0.2) is 5.13 Å². The number of aromatic nitrogens is 2. The van der Waals surface area contributed by atoms with Crippen molar-refractivity contribution in [3.8, 4) is 0 Å². The first kappa shape index (κ1) is 17.4. The van der Waals surface area contributed by atoms with E-state index in [1.165, 1.54) is 30.3 Å². The Morgan fingerprint density at radius 3 is 2.96 bits per heavy atom. The number of anilines is 2. The van der Waals surface area contributed by atoms with Crippen molar-refractivity contribution in [2.24, 2.45) is 5.41 Å². The summed E-state index contributed by atoms with van der Waals surface area (Å²) in [5.74, 6) is -0.0663. The zero-order chi connectivity index (χ0) is 18.1. The van der Waals surface area contributed by atoms with E-state index >= 15 is 0 Å². The molecule has 1 unspecified atom stereocenters. The van der Waals surface area contributed by atoms with E-state index in [2.05, 4.69) is 44.1 Å². The van der Waals surface area contributed by atoms with Gasteiger partial charge in [0.25, 0.3) is 0 Å². The molecule has 2 aliphatic heterocycles. The van der Waals surface area contributed by atoms with Gasteiger partial charge in [-0.15, -0.1) is 11.3 Å². The molecule has 0 aliphatic carbocycles. The summed E-state index contributed by atoms with van der Waals surface area (Å²) in [6, 6.07) is 4.31. The Hall–Kier alpha value is -1.99. The minimum absolute atomic E-state index is 0.0663. The van der Waals surface area contributed by atoms with Crippen LogP contribution in [0.5, 0.6) is 0 Å². The Morgan fingerprint density at radius 2 is 2.15 bits per heavy atom. The van der Waals surface area contributed by atoms with Crippen LogP contribution in [0.2, 0.25) is 0 Å². The second-order valence-electron chi connectivity index (χ2n) is 7.60. The summed E-state index contributed by atoms with van der Waals surface area (Å²) in [6.45, 7) is 9.03. The molecule has 0 bridgehead atoms. The molecule has 6 nitrogen and oxygen atoms in total. The summed E-state index contributed by atoms with van der Waals surface area (Å²) in [6.07, 6.45) is 6.31. The second kappa shape index (κ2) is 6.96. The third kappa shape index (κ3) is 3.73. The quantitative estimate of drug-likeness (QED) is 0.895. The van der Waals surface area contributed by atoms with Crippen LogP contribution in [0.3, 0.4) is 0 Å². The topological polar surface area (TPSA) is 61.4 Å². The maximum absolute atomic E-state index is 11.1. The molecule has 1 spiro atoms. The number of aryl methyl sites for hydroxylation is 1. The maximum Gasteiger partial charge on any atom is 0.223 e. The fourth-order valence-corrected chi connectivity index (χ4v) is 5.09. The molecule has 0 radical (unpaired) electrons. The van der Waals surface area contributed by atoms with Crippen LogP contribution in [0.1, 0.15) is 30.3 Å². The molecule has 4 heterocycles. The lowest BCUT2D eigenvalue weighted by molar-refractivity contribution is -0.114. The maximum atomic E-state index is 11.1. The van der Waals surface area contributed by atoms with E-state index in [0.717, 1.165) is 38.4 Å². The number of likely N-dealkylation sites (tertiary alicyclic amines) is 1. The summed E-state index contributed by atoms with van der Waals surface area (Å²) in [5.41, 5.74) is 2.79. The van der Waals surface area contributed by atoms with E-state index in [-0.39, 0.29) is 5.91 Å². The predicted molar refractivity (Wildman–Crippen MR) is 105 cm³/mol. The molecule has 2 aromatic rings. The van der Waals surface area contributed by atoms with E-state index in [9.17, 15) is 4.79 Å². The molecule has 0 aromatic carbocycles. The van der Waals surface area contributed by atoms with E-state index in [0.29, 0.717) is 10.5 Å². The fraction of sp³-hybridized carbons (Fsp3) is 0.526. The highest BCUT2D eigenvalue weighted by atomic mass is 32.1. The van der Waals surface area contributed by atoms with Crippen molar-refractivity contribution in [3.63, 3.8) is 0 Å². The van der Waals surface area contributed by atoms with E-state index in [1.807, 2.05) is 12.4 Å². The smallest absolute Gasteiger partial charge is 0.223 e. The van der Waals surface area contributed by atoms with Crippen molar-refractivity contribution in [1.82, 2.24) is 14.9 Å². The van der Waals surface area contributed by atoms with Gasteiger partial charge in [-0.25, -0.2) is 4.98 Å². The first-order valence-electron chi connectivity index (χ1n) is 9.14. The summed E-state index contributed by atoms with van der Waals surface area (Å²) >= 11 is 1.58. The molecule has 1 amide bonds. The minimum atomic E-state index is -0.0663. The molecule has 7 heteroatoms. The van der Waals surface area contributed by atoms with Gasteiger partial charge < -0.3 is 10.2 Å². The van der Waals surface area contributed by atoms with Gasteiger partial charge in [0, 0.05) is 67.2 Å². The van der Waals surface area contributed by atoms with Crippen molar-refractivity contribution in [1.29, 1.82) is 0 Å². The van der Waals surface area contributed by atoms with Crippen molar-refractivity contribution in [3.05, 3.63) is 35.1 Å². The number of hydrogen-bond acceptors (Lipinski definition) is 6. The summed E-state index contributed by atoms with van der Waals surface area (Å²) < 4.78 is 0. The molecule has 0 saturated carbocycles. The van der Waals surface area contributed by atoms with Crippen LogP contribution in [-0.2, 0) is 11.3 Å². The first-order valence-corrected chi connectivity index (χ1v) is 9.95. The van der Waals surface area contributed by atoms with Crippen LogP contribution < -0.4 is 10.2 Å². The van der Waals surface area contributed by atoms with Gasteiger partial charge in [0.2, 0.25) is 5.91 Å². The van der Waals surface area contributed by atoms with Gasteiger partial charge in [-0.1, -0.05) is 0 Å². The third-order valence-corrected chi connectivity index (χ3v) is 6.31. The highest BCUT2D eigenvalue weighted by molar-refractivity contribution is 7.15. The van der Waals surface area contributed by atoms with Gasteiger partial charge in [-0.2, -0.15) is 0 Å². The van der Waals surface area contributed by atoms with Crippen molar-refractivity contribution >= 4 is 28.1 Å². The average Bonchev–Trinajstić information content (AvgIpc) is 3.30. The zero-order valence-corrected chi connectivity index (χ0v) is 16.2. The number of nitrogens with zero attached hydrogens (tertiary/aromatic N) is 4. The van der Waals surface area contributed by atoms with E-state index in [4.69, 9.17) is 0 Å². The molecular formula is C19H25N5OS. The number of carbonyl (C=O) groups is 1. The molecule has 2 fully saturated rings. The molecule has 2 aromatic heterocycles. The van der Waals surface area contributed by atoms with Crippen molar-refractivity contribution in [2.45, 2.75) is 33.2 Å². The lowest BCUT2D eigenvalue weighted by atomic mass is 9.86. The Balaban J connectivity index is 1.36. The lowest BCUT2D eigenvalue weighted by Crippen LogP contribution is -2.30. The van der Waals surface area contributed by atoms with Crippen molar-refractivity contribution < 1.29 is 4.79 Å². The average molecular weight is 372 g/mol. The van der Waals surface area contributed by atoms with Crippen molar-refractivity contribution in [2.75, 3.05) is 36.4 Å². The van der Waals surface area contributed by atoms with Gasteiger partial charge in [-0.3, -0.25) is 14.7 Å². The van der Waals surface area contributed by atoms with Gasteiger partial charge in [0.1, 0.15) is 0 Å². The van der Waals surface area contributed by atoms with E-state index < -0.39 is 0 Å². The SMILES string of the molecule is CC(=O)Nc1ncc(CN2CCC3(CCN(c4ccnc(C)c4)C3)C2)s1. The lowest BCUT2D eigenvalue weighted by Gasteiger charge is -2.25. The number of hydrogen-bond donors (Lipinski definition) is 1. The van der Waals surface area contributed by atoms with Gasteiger partial charge in [-0.05, 0) is 38.4 Å². The minimum Gasteiger partial charge on any atom is -0.371 e. The van der Waals surface area contributed by atoms with Crippen LogP contribution in [0.15, 0.2) is 24.5 Å². The van der Waals surface area contributed by atoms with Crippen LogP contribution in [0.4, 0.5) is 10.8 Å². The fourth-order valence-electron chi connectivity index (χ4n) is 4.19. The van der Waals surface area contributed by atoms with E-state index in [1.54, 1.807) is 11.3 Å². The summed E-state index contributed by atoms with van der Waals surface area (Å²) in [4.78, 5) is 26.0. The highest BCUT2D eigenvalue weighted by Crippen LogP contribution is 2.41. The van der Waals surface area contributed by atoms with Gasteiger partial charge in [0.05, 0.1) is 0 Å². The highest BCUT2D eigenvalue weighted by Gasteiger charge is 2.43. The third-order valence-electron chi connectivity index (χ3n) is 5.42. The summed E-state index contributed by atoms with van der Waals surface area (Å²) in [5, 5.41) is 3.46. The Morgan fingerprint density at radius 1 is 1.31 bits per heavy atom. The number of rotatable bonds is 4.